The highest BCUT2D eigenvalue weighted by atomic mass is 16.5. The normalized spacial score (nSPS) is 21.1. The Morgan fingerprint density at radius 3 is 2.47 bits per heavy atom. The van der Waals surface area contributed by atoms with E-state index in [9.17, 15) is 5.11 Å². The van der Waals surface area contributed by atoms with Crippen molar-refractivity contribution in [2.45, 2.75) is 24.7 Å². The third kappa shape index (κ3) is 4.67. The highest BCUT2D eigenvalue weighted by Gasteiger charge is 2.32. The number of nitrogens with one attached hydrogen (secondary N) is 1. The summed E-state index contributed by atoms with van der Waals surface area (Å²) in [6.07, 6.45) is 2.07. The number of fused-ring (bicyclic) bond motifs is 1. The number of nitrogens with zero attached hydrogens (tertiary/aromatic N) is 1. The molecule has 1 heterocycles. The largest absolute Gasteiger partial charge is 0.508 e. The number of phenols is 1. The van der Waals surface area contributed by atoms with Crippen molar-refractivity contribution in [3.63, 3.8) is 0 Å². The van der Waals surface area contributed by atoms with Gasteiger partial charge in [-0.05, 0) is 65.3 Å². The van der Waals surface area contributed by atoms with Crippen molar-refractivity contribution < 1.29 is 9.84 Å². The molecule has 2 N–H and O–H groups in total. The maximum absolute atomic E-state index is 10.0. The number of aryl methyl sites for hydroxylation is 1. The molecule has 3 aromatic carbocycles. The van der Waals surface area contributed by atoms with E-state index in [1.54, 1.807) is 0 Å². The van der Waals surface area contributed by atoms with E-state index in [4.69, 9.17) is 4.74 Å². The Labute approximate surface area is 190 Å². The van der Waals surface area contributed by atoms with Gasteiger partial charge in [-0.2, -0.15) is 0 Å². The number of benzene rings is 3. The van der Waals surface area contributed by atoms with E-state index in [-0.39, 0.29) is 5.92 Å². The van der Waals surface area contributed by atoms with Gasteiger partial charge in [0.25, 0.3) is 0 Å². The molecular formula is C28H32N2O2. The lowest BCUT2D eigenvalue weighted by Gasteiger charge is -2.35. The predicted molar refractivity (Wildman–Crippen MR) is 129 cm³/mol. The predicted octanol–water partition coefficient (Wildman–Crippen LogP) is 4.54. The fourth-order valence-corrected chi connectivity index (χ4v) is 5.28. The molecule has 3 aromatic rings. The number of phenolic OH excluding ortho intramolecular Hbond substituents is 1. The van der Waals surface area contributed by atoms with Crippen LogP contribution in [0.3, 0.4) is 0 Å². The molecule has 0 radical (unpaired) electrons. The van der Waals surface area contributed by atoms with E-state index in [1.165, 1.54) is 22.3 Å². The van der Waals surface area contributed by atoms with Crippen LogP contribution in [0.4, 0.5) is 0 Å². The monoisotopic (exact) mass is 428 g/mol. The van der Waals surface area contributed by atoms with E-state index in [0.717, 1.165) is 57.9 Å². The minimum Gasteiger partial charge on any atom is -0.508 e. The topological polar surface area (TPSA) is 44.7 Å². The fourth-order valence-electron chi connectivity index (χ4n) is 5.28. The first-order chi connectivity index (χ1) is 15.8. The van der Waals surface area contributed by atoms with E-state index < -0.39 is 0 Å². The van der Waals surface area contributed by atoms with E-state index in [0.29, 0.717) is 11.7 Å². The second kappa shape index (κ2) is 9.76. The maximum atomic E-state index is 10.0. The maximum Gasteiger partial charge on any atom is 0.119 e. The van der Waals surface area contributed by atoms with Gasteiger partial charge in [0.1, 0.15) is 18.1 Å². The van der Waals surface area contributed by atoms with Crippen molar-refractivity contribution in [1.82, 2.24) is 10.2 Å². The Morgan fingerprint density at radius 2 is 1.69 bits per heavy atom. The Hall–Kier alpha value is -2.82. The SMILES string of the molecule is Oc1ccc2c(c1)CC[C@H](c1ccccc1)[C@@H]2c1ccc(OCCN2CCNCC2)cc1. The van der Waals surface area contributed by atoms with E-state index in [2.05, 4.69) is 70.9 Å². The molecule has 2 atom stereocenters. The van der Waals surface area contributed by atoms with Gasteiger partial charge in [0.2, 0.25) is 0 Å². The van der Waals surface area contributed by atoms with Crippen LogP contribution in [0.5, 0.6) is 11.5 Å². The molecule has 1 saturated heterocycles. The lowest BCUT2D eigenvalue weighted by Crippen LogP contribution is -2.44. The number of ether oxygens (including phenoxy) is 1. The molecule has 0 aromatic heterocycles. The summed E-state index contributed by atoms with van der Waals surface area (Å²) in [5.74, 6) is 1.99. The van der Waals surface area contributed by atoms with Crippen LogP contribution in [0, 0.1) is 0 Å². The molecule has 0 unspecified atom stereocenters. The molecule has 1 aliphatic heterocycles. The van der Waals surface area contributed by atoms with Gasteiger partial charge in [-0.1, -0.05) is 48.5 Å². The van der Waals surface area contributed by atoms with Crippen molar-refractivity contribution in [2.75, 3.05) is 39.3 Å². The quantitative estimate of drug-likeness (QED) is 0.605. The molecule has 4 heteroatoms. The summed E-state index contributed by atoms with van der Waals surface area (Å²) >= 11 is 0. The Bertz CT molecular complexity index is 1010. The van der Waals surface area contributed by atoms with Crippen LogP contribution in [0.15, 0.2) is 72.8 Å². The number of rotatable bonds is 6. The highest BCUT2D eigenvalue weighted by molar-refractivity contribution is 5.48. The molecule has 0 amide bonds. The molecule has 2 aliphatic rings. The summed E-state index contributed by atoms with van der Waals surface area (Å²) in [5.41, 5.74) is 5.28. The van der Waals surface area contributed by atoms with Crippen LogP contribution >= 0.6 is 0 Å². The summed E-state index contributed by atoms with van der Waals surface area (Å²) in [4.78, 5) is 2.45. The van der Waals surface area contributed by atoms with Gasteiger partial charge in [0, 0.05) is 38.6 Å². The smallest absolute Gasteiger partial charge is 0.119 e. The van der Waals surface area contributed by atoms with Gasteiger partial charge in [0.15, 0.2) is 0 Å². The van der Waals surface area contributed by atoms with Crippen molar-refractivity contribution in [3.8, 4) is 11.5 Å². The minimum atomic E-state index is 0.275. The average Bonchev–Trinajstić information content (AvgIpc) is 2.85. The third-order valence-electron chi connectivity index (χ3n) is 6.94. The molecule has 0 spiro atoms. The summed E-state index contributed by atoms with van der Waals surface area (Å²) in [5, 5.41) is 13.4. The van der Waals surface area contributed by atoms with Gasteiger partial charge in [0.05, 0.1) is 0 Å². The van der Waals surface area contributed by atoms with Crippen LogP contribution in [-0.2, 0) is 6.42 Å². The second-order valence-electron chi connectivity index (χ2n) is 8.93. The zero-order chi connectivity index (χ0) is 21.8. The van der Waals surface area contributed by atoms with Crippen LogP contribution in [-0.4, -0.2) is 49.3 Å². The first-order valence-corrected chi connectivity index (χ1v) is 11.8. The summed E-state index contributed by atoms with van der Waals surface area (Å²) in [6.45, 7) is 6.02. The lowest BCUT2D eigenvalue weighted by molar-refractivity contribution is 0.191. The van der Waals surface area contributed by atoms with Gasteiger partial charge in [-0.3, -0.25) is 4.90 Å². The molecule has 4 nitrogen and oxygen atoms in total. The van der Waals surface area contributed by atoms with Crippen molar-refractivity contribution in [3.05, 3.63) is 95.1 Å². The highest BCUT2D eigenvalue weighted by Crippen LogP contribution is 2.47. The van der Waals surface area contributed by atoms with Gasteiger partial charge in [-0.25, -0.2) is 0 Å². The molecule has 0 bridgehead atoms. The molecule has 32 heavy (non-hydrogen) atoms. The molecular weight excluding hydrogens is 396 g/mol. The zero-order valence-corrected chi connectivity index (χ0v) is 18.5. The fraction of sp³-hybridized carbons (Fsp3) is 0.357. The Morgan fingerprint density at radius 1 is 0.906 bits per heavy atom. The number of piperazine rings is 1. The van der Waals surface area contributed by atoms with Crippen molar-refractivity contribution in [1.29, 1.82) is 0 Å². The van der Waals surface area contributed by atoms with Crippen molar-refractivity contribution >= 4 is 0 Å². The van der Waals surface area contributed by atoms with Crippen LogP contribution in [0.2, 0.25) is 0 Å². The van der Waals surface area contributed by atoms with Gasteiger partial charge >= 0.3 is 0 Å². The first-order valence-electron chi connectivity index (χ1n) is 11.8. The summed E-state index contributed by atoms with van der Waals surface area (Å²) < 4.78 is 6.05. The van der Waals surface area contributed by atoms with Crippen LogP contribution in [0.25, 0.3) is 0 Å². The number of aromatic hydroxyl groups is 1. The van der Waals surface area contributed by atoms with E-state index in [1.807, 2.05) is 12.1 Å². The van der Waals surface area contributed by atoms with Crippen LogP contribution in [0.1, 0.15) is 40.5 Å². The molecule has 1 fully saturated rings. The minimum absolute atomic E-state index is 0.275. The summed E-state index contributed by atoms with van der Waals surface area (Å²) in [7, 11) is 0. The summed E-state index contributed by atoms with van der Waals surface area (Å²) in [6, 6.07) is 25.4. The first kappa shape index (κ1) is 21.0. The zero-order valence-electron chi connectivity index (χ0n) is 18.5. The average molecular weight is 429 g/mol. The van der Waals surface area contributed by atoms with Gasteiger partial charge < -0.3 is 15.2 Å². The molecule has 5 rings (SSSR count). The van der Waals surface area contributed by atoms with Gasteiger partial charge in [-0.15, -0.1) is 0 Å². The van der Waals surface area contributed by atoms with Crippen LogP contribution < -0.4 is 10.1 Å². The van der Waals surface area contributed by atoms with E-state index >= 15 is 0 Å². The lowest BCUT2D eigenvalue weighted by atomic mass is 9.69. The molecule has 166 valence electrons. The standard InChI is InChI=1S/C28H32N2O2/c31-24-9-13-27-23(20-24)8-12-26(21-4-2-1-3-5-21)28(27)22-6-10-25(11-7-22)32-19-18-30-16-14-29-15-17-30/h1-7,9-11,13,20,26,28-29,31H,8,12,14-19H2/t26-,28+/m1/s1. The number of hydrogen-bond acceptors (Lipinski definition) is 4. The molecule has 1 aliphatic carbocycles. The number of hydrogen-bond donors (Lipinski definition) is 2. The second-order valence-corrected chi connectivity index (χ2v) is 8.93. The van der Waals surface area contributed by atoms with Crippen molar-refractivity contribution in [2.24, 2.45) is 0 Å². The Balaban J connectivity index is 1.35. The molecule has 0 saturated carbocycles. The Kier molecular flexibility index (Phi) is 6.42. The third-order valence-corrected chi connectivity index (χ3v) is 6.94.